The number of amides is 1. The zero-order chi connectivity index (χ0) is 22.2. The molecular formula is C25H29N5O2. The van der Waals surface area contributed by atoms with Gasteiger partial charge in [-0.1, -0.05) is 0 Å². The first kappa shape index (κ1) is 20.9. The van der Waals surface area contributed by atoms with E-state index < -0.39 is 0 Å². The fourth-order valence-electron chi connectivity index (χ4n) is 5.63. The molecule has 1 aromatic carbocycles. The summed E-state index contributed by atoms with van der Waals surface area (Å²) in [6, 6.07) is 12.9. The van der Waals surface area contributed by atoms with Crippen LogP contribution in [-0.2, 0) is 6.54 Å². The van der Waals surface area contributed by atoms with E-state index in [1.165, 1.54) is 12.8 Å². The predicted molar refractivity (Wildman–Crippen MR) is 123 cm³/mol. The number of aromatic nitrogens is 1. The molecule has 1 N–H and O–H groups in total. The first-order chi connectivity index (χ1) is 15.5. The van der Waals surface area contributed by atoms with Crippen molar-refractivity contribution in [1.29, 1.82) is 5.26 Å². The lowest BCUT2D eigenvalue weighted by molar-refractivity contribution is 0.0517. The average molecular weight is 432 g/mol. The van der Waals surface area contributed by atoms with E-state index in [1.54, 1.807) is 30.3 Å². The number of likely N-dealkylation sites (tertiary alicyclic amines) is 2. The molecule has 32 heavy (non-hydrogen) atoms. The van der Waals surface area contributed by atoms with E-state index in [1.807, 2.05) is 16.7 Å². The van der Waals surface area contributed by atoms with Crippen LogP contribution in [0.5, 0.6) is 0 Å². The highest BCUT2D eigenvalue weighted by atomic mass is 16.2. The van der Waals surface area contributed by atoms with Crippen molar-refractivity contribution in [3.05, 3.63) is 63.6 Å². The van der Waals surface area contributed by atoms with Crippen LogP contribution in [0.1, 0.15) is 46.8 Å². The molecule has 2 atom stereocenters. The van der Waals surface area contributed by atoms with Crippen molar-refractivity contribution >= 4 is 11.6 Å². The Morgan fingerprint density at radius 3 is 2.53 bits per heavy atom. The predicted octanol–water partition coefficient (Wildman–Crippen LogP) is 2.49. The van der Waals surface area contributed by atoms with E-state index in [4.69, 9.17) is 5.26 Å². The number of nitriles is 1. The third-order valence-electron chi connectivity index (χ3n) is 7.36. The van der Waals surface area contributed by atoms with Crippen LogP contribution in [0, 0.1) is 17.2 Å². The Morgan fingerprint density at radius 1 is 1.06 bits per heavy atom. The maximum absolute atomic E-state index is 13.2. The quantitative estimate of drug-likeness (QED) is 0.808. The molecule has 2 saturated heterocycles. The van der Waals surface area contributed by atoms with Gasteiger partial charge in [0.25, 0.3) is 11.5 Å². The first-order valence-corrected chi connectivity index (χ1v) is 11.5. The number of nitrogens with one attached hydrogen (secondary N) is 1. The molecule has 5 rings (SSSR count). The van der Waals surface area contributed by atoms with Crippen LogP contribution in [0.2, 0.25) is 0 Å². The molecule has 0 radical (unpaired) electrons. The third kappa shape index (κ3) is 3.96. The summed E-state index contributed by atoms with van der Waals surface area (Å²) >= 11 is 0. The van der Waals surface area contributed by atoms with Gasteiger partial charge in [0, 0.05) is 42.9 Å². The van der Waals surface area contributed by atoms with Gasteiger partial charge in [-0.2, -0.15) is 5.26 Å². The van der Waals surface area contributed by atoms with Crippen molar-refractivity contribution < 1.29 is 4.79 Å². The highest BCUT2D eigenvalue weighted by Gasteiger charge is 2.37. The number of nitrogens with zero attached hydrogens (tertiary/aromatic N) is 4. The van der Waals surface area contributed by atoms with Crippen LogP contribution >= 0.6 is 0 Å². The van der Waals surface area contributed by atoms with Crippen molar-refractivity contribution in [2.45, 2.75) is 37.8 Å². The minimum absolute atomic E-state index is 0.119. The van der Waals surface area contributed by atoms with Gasteiger partial charge in [-0.05, 0) is 81.7 Å². The molecule has 1 amide bonds. The number of carbonyl (C=O) groups is 1. The van der Waals surface area contributed by atoms with E-state index in [-0.39, 0.29) is 11.5 Å². The Bertz CT molecular complexity index is 1110. The number of hydrogen-bond donors (Lipinski definition) is 1. The number of pyridine rings is 1. The van der Waals surface area contributed by atoms with Crippen LogP contribution < -0.4 is 10.9 Å². The minimum Gasteiger partial charge on any atom is -0.317 e. The Balaban J connectivity index is 1.33. The van der Waals surface area contributed by atoms with Crippen molar-refractivity contribution in [3.8, 4) is 6.07 Å². The Labute approximate surface area is 188 Å². The molecule has 2 aromatic rings. The molecule has 0 saturated carbocycles. The second-order valence-electron chi connectivity index (χ2n) is 9.52. The van der Waals surface area contributed by atoms with Crippen molar-refractivity contribution in [2.75, 3.05) is 38.5 Å². The van der Waals surface area contributed by atoms with Gasteiger partial charge in [0.1, 0.15) is 5.69 Å². The normalized spacial score (nSPS) is 23.9. The van der Waals surface area contributed by atoms with Gasteiger partial charge < -0.3 is 14.8 Å². The topological polar surface area (TPSA) is 81.4 Å². The summed E-state index contributed by atoms with van der Waals surface area (Å²) in [6.45, 7) is 5.11. The first-order valence-electron chi connectivity index (χ1n) is 11.5. The van der Waals surface area contributed by atoms with Crippen LogP contribution in [0.25, 0.3) is 0 Å². The molecule has 4 heterocycles. The van der Waals surface area contributed by atoms with E-state index >= 15 is 0 Å². The zero-order valence-corrected chi connectivity index (χ0v) is 18.5. The Hall–Kier alpha value is -2.95. The fourth-order valence-corrected chi connectivity index (χ4v) is 5.63. The molecule has 0 aliphatic carbocycles. The van der Waals surface area contributed by atoms with E-state index in [0.717, 1.165) is 38.3 Å². The summed E-state index contributed by atoms with van der Waals surface area (Å²) in [4.78, 5) is 30.9. The number of piperidine rings is 2. The molecule has 7 nitrogen and oxygen atoms in total. The van der Waals surface area contributed by atoms with Gasteiger partial charge in [-0.25, -0.2) is 0 Å². The maximum atomic E-state index is 13.2. The lowest BCUT2D eigenvalue weighted by Gasteiger charge is -2.47. The molecule has 7 heteroatoms. The molecule has 3 aliphatic heterocycles. The fraction of sp³-hybridized carbons (Fsp3) is 0.480. The van der Waals surface area contributed by atoms with Gasteiger partial charge in [-0.3, -0.25) is 14.5 Å². The highest BCUT2D eigenvalue weighted by molar-refractivity contribution is 6.04. The second kappa shape index (κ2) is 8.53. The lowest BCUT2D eigenvalue weighted by atomic mass is 9.82. The van der Waals surface area contributed by atoms with Crippen molar-refractivity contribution in [1.82, 2.24) is 14.4 Å². The molecule has 2 fully saturated rings. The monoisotopic (exact) mass is 431 g/mol. The number of carbonyl (C=O) groups excluding carboxylic acids is 1. The highest BCUT2D eigenvalue weighted by Crippen LogP contribution is 2.37. The molecule has 1 aromatic heterocycles. The third-order valence-corrected chi connectivity index (χ3v) is 7.36. The molecule has 0 spiro atoms. The van der Waals surface area contributed by atoms with Crippen LogP contribution in [-0.4, -0.2) is 59.5 Å². The van der Waals surface area contributed by atoms with Crippen molar-refractivity contribution in [2.24, 2.45) is 5.92 Å². The minimum atomic E-state index is -0.336. The summed E-state index contributed by atoms with van der Waals surface area (Å²) < 4.78 is 1.89. The lowest BCUT2D eigenvalue weighted by Crippen LogP contribution is -2.53. The molecule has 3 aliphatic rings. The van der Waals surface area contributed by atoms with Crippen LogP contribution in [0.3, 0.4) is 0 Å². The van der Waals surface area contributed by atoms with Crippen molar-refractivity contribution in [3.63, 3.8) is 0 Å². The Kier molecular flexibility index (Phi) is 5.58. The second-order valence-corrected chi connectivity index (χ2v) is 9.52. The van der Waals surface area contributed by atoms with E-state index in [0.29, 0.717) is 41.2 Å². The summed E-state index contributed by atoms with van der Waals surface area (Å²) in [5.74, 6) is 0.512. The molecular weight excluding hydrogens is 402 g/mol. The summed E-state index contributed by atoms with van der Waals surface area (Å²) in [5.41, 5.74) is 2.22. The van der Waals surface area contributed by atoms with Gasteiger partial charge in [0.05, 0.1) is 11.6 Å². The summed E-state index contributed by atoms with van der Waals surface area (Å²) in [7, 11) is 2.20. The number of hydrogen-bond acceptors (Lipinski definition) is 5. The summed E-state index contributed by atoms with van der Waals surface area (Å²) in [5, 5.41) is 11.7. The van der Waals surface area contributed by atoms with Gasteiger partial charge in [-0.15, -0.1) is 0 Å². The SMILES string of the molecule is CN1CCC(N2C[C@H]3C[C@H](C2)c2ccc(NC(=O)c4ccc(C#N)cc4)c(=O)n2C3)CC1. The average Bonchev–Trinajstić information content (AvgIpc) is 2.81. The molecule has 166 valence electrons. The van der Waals surface area contributed by atoms with Gasteiger partial charge >= 0.3 is 0 Å². The molecule has 0 unspecified atom stereocenters. The number of benzene rings is 1. The van der Waals surface area contributed by atoms with E-state index in [2.05, 4.69) is 22.2 Å². The zero-order valence-electron chi connectivity index (χ0n) is 18.5. The van der Waals surface area contributed by atoms with Crippen LogP contribution in [0.15, 0.2) is 41.2 Å². The van der Waals surface area contributed by atoms with E-state index in [9.17, 15) is 9.59 Å². The maximum Gasteiger partial charge on any atom is 0.274 e. The number of rotatable bonds is 3. The summed E-state index contributed by atoms with van der Waals surface area (Å²) in [6.07, 6.45) is 3.59. The number of anilines is 1. The number of fused-ring (bicyclic) bond motifs is 4. The largest absolute Gasteiger partial charge is 0.317 e. The molecule has 2 bridgehead atoms. The standard InChI is InChI=1S/C25H29N5O2/c1-28-10-8-21(9-11-28)29-14-18-12-20(16-29)23-7-6-22(25(32)30(23)15-18)27-24(31)19-4-2-17(13-26)3-5-19/h2-7,18,20-21H,8-12,14-16H2,1H3,(H,27,31)/t18-,20-/m1/s1. The van der Waals surface area contributed by atoms with Crippen LogP contribution in [0.4, 0.5) is 5.69 Å². The van der Waals surface area contributed by atoms with Gasteiger partial charge in [0.2, 0.25) is 0 Å². The Morgan fingerprint density at radius 2 is 1.81 bits per heavy atom. The van der Waals surface area contributed by atoms with Gasteiger partial charge in [0.15, 0.2) is 0 Å². The smallest absolute Gasteiger partial charge is 0.274 e.